The maximum absolute atomic E-state index is 11.7. The van der Waals surface area contributed by atoms with E-state index in [1.54, 1.807) is 0 Å². The summed E-state index contributed by atoms with van der Waals surface area (Å²) < 4.78 is 4.87. The topological polar surface area (TPSA) is 26.3 Å². The van der Waals surface area contributed by atoms with E-state index in [0.717, 1.165) is 6.42 Å². The van der Waals surface area contributed by atoms with Crippen molar-refractivity contribution in [1.82, 2.24) is 0 Å². The molecule has 1 rings (SSSR count). The second-order valence-electron chi connectivity index (χ2n) is 4.57. The minimum absolute atomic E-state index is 0.0973. The van der Waals surface area contributed by atoms with Crippen LogP contribution in [0.1, 0.15) is 32.8 Å². The maximum Gasteiger partial charge on any atom is 0.309 e. The smallest absolute Gasteiger partial charge is 0.309 e. The number of carbonyl (C=O) groups is 1. The Bertz CT molecular complexity index is 341. The lowest BCUT2D eigenvalue weighted by atomic mass is 9.72. The summed E-state index contributed by atoms with van der Waals surface area (Å²) in [5.74, 6) is -0.226. The molecule has 0 spiro atoms. The lowest BCUT2D eigenvalue weighted by Crippen LogP contribution is -2.35. The van der Waals surface area contributed by atoms with Crippen molar-refractivity contribution < 1.29 is 9.53 Å². The van der Waals surface area contributed by atoms with Crippen LogP contribution in [0.15, 0.2) is 30.3 Å². The van der Waals surface area contributed by atoms with Gasteiger partial charge in [0, 0.05) is 5.41 Å². The Balaban J connectivity index is 3.04. The van der Waals surface area contributed by atoms with Gasteiger partial charge in [-0.05, 0) is 12.0 Å². The quantitative estimate of drug-likeness (QED) is 0.728. The monoisotopic (exact) mass is 220 g/mol. The average Bonchev–Trinajstić information content (AvgIpc) is 2.30. The van der Waals surface area contributed by atoms with Gasteiger partial charge in [0.25, 0.3) is 0 Å². The Kier molecular flexibility index (Phi) is 4.11. The summed E-state index contributed by atoms with van der Waals surface area (Å²) in [4.78, 5) is 11.7. The van der Waals surface area contributed by atoms with Gasteiger partial charge in [0.2, 0.25) is 0 Å². The third-order valence-electron chi connectivity index (χ3n) is 3.28. The van der Waals surface area contributed by atoms with E-state index in [4.69, 9.17) is 4.74 Å². The molecule has 2 heteroatoms. The molecule has 1 unspecified atom stereocenters. The molecule has 2 nitrogen and oxygen atoms in total. The highest BCUT2D eigenvalue weighted by Gasteiger charge is 2.35. The van der Waals surface area contributed by atoms with Crippen LogP contribution in [0.4, 0.5) is 0 Å². The van der Waals surface area contributed by atoms with Crippen molar-refractivity contribution in [2.75, 3.05) is 7.11 Å². The molecule has 0 saturated heterocycles. The summed E-state index contributed by atoms with van der Waals surface area (Å²) in [5.41, 5.74) is 0.982. The Labute approximate surface area is 97.6 Å². The van der Waals surface area contributed by atoms with Gasteiger partial charge in [0.1, 0.15) is 0 Å². The number of carbonyl (C=O) groups excluding carboxylic acids is 1. The van der Waals surface area contributed by atoms with Crippen molar-refractivity contribution in [1.29, 1.82) is 0 Å². The van der Waals surface area contributed by atoms with Crippen molar-refractivity contribution in [2.24, 2.45) is 5.92 Å². The van der Waals surface area contributed by atoms with Crippen LogP contribution in [0.2, 0.25) is 0 Å². The van der Waals surface area contributed by atoms with Crippen LogP contribution in [0.3, 0.4) is 0 Å². The molecule has 0 aliphatic rings. The van der Waals surface area contributed by atoms with Gasteiger partial charge < -0.3 is 4.74 Å². The van der Waals surface area contributed by atoms with Gasteiger partial charge >= 0.3 is 5.97 Å². The number of methoxy groups -OCH3 is 1. The molecular weight excluding hydrogens is 200 g/mol. The molecule has 0 N–H and O–H groups in total. The molecule has 0 radical (unpaired) electrons. The Hall–Kier alpha value is -1.31. The predicted octanol–water partition coefficient (Wildman–Crippen LogP) is 3.16. The minimum Gasteiger partial charge on any atom is -0.469 e. The molecule has 0 amide bonds. The number of hydrogen-bond donors (Lipinski definition) is 0. The fraction of sp³-hybridized carbons (Fsp3) is 0.500. The van der Waals surface area contributed by atoms with E-state index in [-0.39, 0.29) is 17.3 Å². The minimum atomic E-state index is -0.191. The van der Waals surface area contributed by atoms with Gasteiger partial charge in [0.05, 0.1) is 13.0 Å². The van der Waals surface area contributed by atoms with Gasteiger partial charge in [-0.25, -0.2) is 0 Å². The Morgan fingerprint density at radius 2 is 1.88 bits per heavy atom. The summed E-state index contributed by atoms with van der Waals surface area (Å²) in [6.45, 7) is 6.20. The van der Waals surface area contributed by atoms with E-state index in [2.05, 4.69) is 26.0 Å². The van der Waals surface area contributed by atoms with Gasteiger partial charge in [-0.3, -0.25) is 4.79 Å². The number of rotatable bonds is 4. The Morgan fingerprint density at radius 1 is 1.31 bits per heavy atom. The highest BCUT2D eigenvalue weighted by atomic mass is 16.5. The van der Waals surface area contributed by atoms with Crippen LogP contribution in [0.5, 0.6) is 0 Å². The van der Waals surface area contributed by atoms with Crippen LogP contribution in [0.25, 0.3) is 0 Å². The SMILES string of the molecule is CCC(C(=O)OC)C(C)(C)c1ccccc1. The van der Waals surface area contributed by atoms with E-state index in [0.29, 0.717) is 0 Å². The molecule has 0 saturated carbocycles. The predicted molar refractivity (Wildman–Crippen MR) is 65.3 cm³/mol. The van der Waals surface area contributed by atoms with E-state index in [9.17, 15) is 4.79 Å². The van der Waals surface area contributed by atoms with Crippen molar-refractivity contribution in [3.63, 3.8) is 0 Å². The standard InChI is InChI=1S/C14H20O2/c1-5-12(13(15)16-4)14(2,3)11-9-7-6-8-10-11/h6-10,12H,5H2,1-4H3. The fourth-order valence-corrected chi connectivity index (χ4v) is 2.18. The van der Waals surface area contributed by atoms with Crippen LogP contribution >= 0.6 is 0 Å². The Morgan fingerprint density at radius 3 is 2.31 bits per heavy atom. The highest BCUT2D eigenvalue weighted by molar-refractivity contribution is 5.74. The van der Waals surface area contributed by atoms with Crippen LogP contribution < -0.4 is 0 Å². The molecule has 1 aromatic rings. The average molecular weight is 220 g/mol. The third-order valence-corrected chi connectivity index (χ3v) is 3.28. The largest absolute Gasteiger partial charge is 0.469 e. The van der Waals surface area contributed by atoms with Crippen LogP contribution in [-0.2, 0) is 14.9 Å². The zero-order valence-corrected chi connectivity index (χ0v) is 10.5. The summed E-state index contributed by atoms with van der Waals surface area (Å²) in [6, 6.07) is 10.1. The zero-order chi connectivity index (χ0) is 12.2. The fourth-order valence-electron chi connectivity index (χ4n) is 2.18. The molecule has 16 heavy (non-hydrogen) atoms. The molecule has 1 aromatic carbocycles. The lowest BCUT2D eigenvalue weighted by molar-refractivity contribution is -0.147. The molecule has 0 aliphatic heterocycles. The summed E-state index contributed by atoms with van der Waals surface area (Å²) in [6.07, 6.45) is 0.786. The number of esters is 1. The lowest BCUT2D eigenvalue weighted by Gasteiger charge is -2.32. The third kappa shape index (κ3) is 2.43. The van der Waals surface area contributed by atoms with E-state index < -0.39 is 0 Å². The molecule has 0 fully saturated rings. The summed E-state index contributed by atoms with van der Waals surface area (Å²) in [5, 5.41) is 0. The molecule has 88 valence electrons. The van der Waals surface area contributed by atoms with E-state index >= 15 is 0 Å². The number of ether oxygens (including phenoxy) is 1. The maximum atomic E-state index is 11.7. The molecule has 0 heterocycles. The van der Waals surface area contributed by atoms with Crippen molar-refractivity contribution in [2.45, 2.75) is 32.6 Å². The second-order valence-corrected chi connectivity index (χ2v) is 4.57. The molecule has 0 aliphatic carbocycles. The van der Waals surface area contributed by atoms with Gasteiger partial charge in [0.15, 0.2) is 0 Å². The second kappa shape index (κ2) is 5.15. The normalized spacial score (nSPS) is 13.2. The number of benzene rings is 1. The molecule has 1 atom stereocenters. The molecular formula is C14H20O2. The van der Waals surface area contributed by atoms with E-state index in [1.807, 2.05) is 25.1 Å². The van der Waals surface area contributed by atoms with Gasteiger partial charge in [-0.2, -0.15) is 0 Å². The van der Waals surface area contributed by atoms with E-state index in [1.165, 1.54) is 12.7 Å². The zero-order valence-electron chi connectivity index (χ0n) is 10.5. The van der Waals surface area contributed by atoms with Crippen LogP contribution in [0, 0.1) is 5.92 Å². The van der Waals surface area contributed by atoms with Crippen LogP contribution in [-0.4, -0.2) is 13.1 Å². The van der Waals surface area contributed by atoms with Gasteiger partial charge in [-0.15, -0.1) is 0 Å². The van der Waals surface area contributed by atoms with Gasteiger partial charge in [-0.1, -0.05) is 51.1 Å². The van der Waals surface area contributed by atoms with Crippen molar-refractivity contribution >= 4 is 5.97 Å². The van der Waals surface area contributed by atoms with Crippen molar-refractivity contribution in [3.05, 3.63) is 35.9 Å². The first kappa shape index (κ1) is 12.8. The molecule has 0 aromatic heterocycles. The first-order valence-electron chi connectivity index (χ1n) is 5.67. The first-order valence-corrected chi connectivity index (χ1v) is 5.67. The molecule has 0 bridgehead atoms. The van der Waals surface area contributed by atoms with Crippen molar-refractivity contribution in [3.8, 4) is 0 Å². The summed E-state index contributed by atoms with van der Waals surface area (Å²) in [7, 11) is 1.45. The first-order chi connectivity index (χ1) is 7.54. The highest BCUT2D eigenvalue weighted by Crippen LogP contribution is 2.34. The summed E-state index contributed by atoms with van der Waals surface area (Å²) >= 11 is 0. The number of hydrogen-bond acceptors (Lipinski definition) is 2.